The van der Waals surface area contributed by atoms with Crippen molar-refractivity contribution < 1.29 is 9.66 Å². The minimum Gasteiger partial charge on any atom is -0.381 e. The van der Waals surface area contributed by atoms with Gasteiger partial charge in [0, 0.05) is 31.9 Å². The molecule has 0 radical (unpaired) electrons. The van der Waals surface area contributed by atoms with Gasteiger partial charge in [-0.05, 0) is 37.3 Å². The van der Waals surface area contributed by atoms with Crippen LogP contribution in [-0.4, -0.2) is 24.2 Å². The summed E-state index contributed by atoms with van der Waals surface area (Å²) in [6, 6.07) is 5.30. The lowest BCUT2D eigenvalue weighted by molar-refractivity contribution is -0.384. The Balaban J connectivity index is 1.93. The molecule has 0 amide bonds. The third-order valence-corrected chi connectivity index (χ3v) is 4.13. The molecule has 1 aromatic carbocycles. The van der Waals surface area contributed by atoms with Crippen LogP contribution in [0.2, 0.25) is 5.02 Å². The molecule has 0 saturated carbocycles. The highest BCUT2D eigenvalue weighted by Crippen LogP contribution is 2.25. The van der Waals surface area contributed by atoms with Gasteiger partial charge in [-0.1, -0.05) is 17.7 Å². The van der Waals surface area contributed by atoms with Crippen LogP contribution < -0.4 is 5.32 Å². The second-order valence-corrected chi connectivity index (χ2v) is 5.57. The van der Waals surface area contributed by atoms with E-state index >= 15 is 0 Å². The minimum atomic E-state index is -0.451. The van der Waals surface area contributed by atoms with E-state index in [0.717, 1.165) is 31.6 Å². The molecule has 1 aliphatic heterocycles. The largest absolute Gasteiger partial charge is 0.381 e. The van der Waals surface area contributed by atoms with Crippen LogP contribution in [0.1, 0.15) is 25.3 Å². The molecule has 0 bridgehead atoms. The molecule has 1 saturated heterocycles. The molecule has 5 nitrogen and oxygen atoms in total. The second kappa shape index (κ2) is 7.02. The molecule has 1 fully saturated rings. The molecule has 2 rings (SSSR count). The van der Waals surface area contributed by atoms with Crippen molar-refractivity contribution in [3.05, 3.63) is 38.9 Å². The van der Waals surface area contributed by atoms with Crippen LogP contribution in [0.3, 0.4) is 0 Å². The van der Waals surface area contributed by atoms with E-state index < -0.39 is 4.92 Å². The number of nitrogens with one attached hydrogen (secondary N) is 1. The molecule has 1 aromatic rings. The first kappa shape index (κ1) is 15.2. The maximum absolute atomic E-state index is 10.8. The topological polar surface area (TPSA) is 64.4 Å². The molecule has 1 heterocycles. The van der Waals surface area contributed by atoms with Gasteiger partial charge >= 0.3 is 0 Å². The Labute approximate surface area is 123 Å². The summed E-state index contributed by atoms with van der Waals surface area (Å²) in [4.78, 5) is 10.4. The molecule has 1 aliphatic rings. The average Bonchev–Trinajstić information content (AvgIpc) is 2.46. The molecule has 0 spiro atoms. The van der Waals surface area contributed by atoms with Crippen molar-refractivity contribution in [2.75, 3.05) is 13.2 Å². The van der Waals surface area contributed by atoms with Crippen molar-refractivity contribution in [1.82, 2.24) is 5.32 Å². The van der Waals surface area contributed by atoms with Crippen LogP contribution in [0.4, 0.5) is 5.69 Å². The Morgan fingerprint density at radius 1 is 1.50 bits per heavy atom. The fourth-order valence-electron chi connectivity index (χ4n) is 2.47. The van der Waals surface area contributed by atoms with Gasteiger partial charge < -0.3 is 10.1 Å². The zero-order chi connectivity index (χ0) is 14.5. The lowest BCUT2D eigenvalue weighted by Crippen LogP contribution is -2.36. The summed E-state index contributed by atoms with van der Waals surface area (Å²) in [5, 5.41) is 14.5. The summed E-state index contributed by atoms with van der Waals surface area (Å²) in [6.45, 7) is 4.41. The Morgan fingerprint density at radius 3 is 2.85 bits per heavy atom. The van der Waals surface area contributed by atoms with Crippen LogP contribution in [0.5, 0.6) is 0 Å². The van der Waals surface area contributed by atoms with E-state index in [-0.39, 0.29) is 10.7 Å². The highest BCUT2D eigenvalue weighted by atomic mass is 35.5. The summed E-state index contributed by atoms with van der Waals surface area (Å²) in [7, 11) is 0. The zero-order valence-electron chi connectivity index (χ0n) is 11.5. The number of hydrogen-bond acceptors (Lipinski definition) is 4. The molecule has 110 valence electrons. The van der Waals surface area contributed by atoms with Gasteiger partial charge in [0.1, 0.15) is 5.02 Å². The predicted octanol–water partition coefficient (Wildman–Crippen LogP) is 3.15. The van der Waals surface area contributed by atoms with Gasteiger partial charge in [-0.2, -0.15) is 0 Å². The summed E-state index contributed by atoms with van der Waals surface area (Å²) >= 11 is 5.80. The van der Waals surface area contributed by atoms with Gasteiger partial charge in [-0.25, -0.2) is 0 Å². The highest BCUT2D eigenvalue weighted by Gasteiger charge is 2.20. The molecule has 1 unspecified atom stereocenters. The van der Waals surface area contributed by atoms with Gasteiger partial charge in [0.15, 0.2) is 0 Å². The number of rotatable bonds is 5. The maximum atomic E-state index is 10.8. The Kier molecular flexibility index (Phi) is 5.34. The van der Waals surface area contributed by atoms with Gasteiger partial charge in [-0.15, -0.1) is 0 Å². The molecule has 1 N–H and O–H groups in total. The van der Waals surface area contributed by atoms with E-state index in [1.54, 1.807) is 6.07 Å². The van der Waals surface area contributed by atoms with Crippen LogP contribution in [0.25, 0.3) is 0 Å². The van der Waals surface area contributed by atoms with Gasteiger partial charge in [0.2, 0.25) is 0 Å². The average molecular weight is 299 g/mol. The molecular formula is C14H19ClN2O3. The maximum Gasteiger partial charge on any atom is 0.288 e. The Bertz CT molecular complexity index is 475. The number of hydrogen-bond donors (Lipinski definition) is 1. The highest BCUT2D eigenvalue weighted by molar-refractivity contribution is 6.32. The van der Waals surface area contributed by atoms with Gasteiger partial charge in [0.25, 0.3) is 5.69 Å². The lowest BCUT2D eigenvalue weighted by atomic mass is 9.93. The number of benzene rings is 1. The van der Waals surface area contributed by atoms with Crippen LogP contribution in [0, 0.1) is 16.0 Å². The molecule has 6 heteroatoms. The van der Waals surface area contributed by atoms with Crippen molar-refractivity contribution in [3.63, 3.8) is 0 Å². The third-order valence-electron chi connectivity index (χ3n) is 3.81. The lowest BCUT2D eigenvalue weighted by Gasteiger charge is -2.28. The number of halogens is 1. The van der Waals surface area contributed by atoms with Crippen LogP contribution in [0.15, 0.2) is 18.2 Å². The standard InChI is InChI=1S/C14H19ClN2O3/c1-10(12-4-6-20-7-5-12)16-9-11-2-3-13(15)14(8-11)17(18)19/h2-3,8,10,12,16H,4-7,9H2,1H3. The SMILES string of the molecule is CC(NCc1ccc(Cl)c([N+](=O)[O-])c1)C1CCOCC1. The Hall–Kier alpha value is -1.17. The molecular weight excluding hydrogens is 280 g/mol. The Morgan fingerprint density at radius 2 is 2.20 bits per heavy atom. The van der Waals surface area contributed by atoms with E-state index in [9.17, 15) is 10.1 Å². The summed E-state index contributed by atoms with van der Waals surface area (Å²) in [5.41, 5.74) is 0.838. The number of nitro benzene ring substituents is 1. The van der Waals surface area contributed by atoms with E-state index in [0.29, 0.717) is 18.5 Å². The quantitative estimate of drug-likeness (QED) is 0.670. The zero-order valence-corrected chi connectivity index (χ0v) is 12.2. The predicted molar refractivity (Wildman–Crippen MR) is 78.0 cm³/mol. The monoisotopic (exact) mass is 298 g/mol. The third kappa shape index (κ3) is 3.91. The van der Waals surface area contributed by atoms with Gasteiger partial charge in [0.05, 0.1) is 4.92 Å². The summed E-state index contributed by atoms with van der Waals surface area (Å²) in [6.07, 6.45) is 2.13. The van der Waals surface area contributed by atoms with Crippen molar-refractivity contribution in [3.8, 4) is 0 Å². The molecule has 0 aromatic heterocycles. The van der Waals surface area contributed by atoms with Crippen molar-refractivity contribution >= 4 is 17.3 Å². The van der Waals surface area contributed by atoms with Gasteiger partial charge in [-0.3, -0.25) is 10.1 Å². The first-order valence-corrected chi connectivity index (χ1v) is 7.19. The second-order valence-electron chi connectivity index (χ2n) is 5.16. The van der Waals surface area contributed by atoms with E-state index in [1.165, 1.54) is 6.07 Å². The summed E-state index contributed by atoms with van der Waals surface area (Å²) < 4.78 is 5.35. The normalized spacial score (nSPS) is 17.9. The van der Waals surface area contributed by atoms with Crippen LogP contribution >= 0.6 is 11.6 Å². The van der Waals surface area contributed by atoms with E-state index in [4.69, 9.17) is 16.3 Å². The fourth-order valence-corrected chi connectivity index (χ4v) is 2.66. The minimum absolute atomic E-state index is 0.0373. The van der Waals surface area contributed by atoms with E-state index in [2.05, 4.69) is 12.2 Å². The smallest absolute Gasteiger partial charge is 0.288 e. The van der Waals surface area contributed by atoms with E-state index in [1.807, 2.05) is 6.07 Å². The van der Waals surface area contributed by atoms with Crippen molar-refractivity contribution in [2.45, 2.75) is 32.4 Å². The molecule has 0 aliphatic carbocycles. The first-order chi connectivity index (χ1) is 9.58. The number of nitro groups is 1. The molecule has 1 atom stereocenters. The van der Waals surface area contributed by atoms with Crippen LogP contribution in [-0.2, 0) is 11.3 Å². The number of ether oxygens (including phenoxy) is 1. The summed E-state index contributed by atoms with van der Waals surface area (Å²) in [5.74, 6) is 0.603. The molecule has 20 heavy (non-hydrogen) atoms. The first-order valence-electron chi connectivity index (χ1n) is 6.82. The number of nitrogens with zero attached hydrogens (tertiary/aromatic N) is 1. The fraction of sp³-hybridized carbons (Fsp3) is 0.571. The van der Waals surface area contributed by atoms with Crippen molar-refractivity contribution in [2.24, 2.45) is 5.92 Å². The van der Waals surface area contributed by atoms with Crippen molar-refractivity contribution in [1.29, 1.82) is 0 Å².